The van der Waals surface area contributed by atoms with Gasteiger partial charge in [-0.15, -0.1) is 0 Å². The second kappa shape index (κ2) is 8.66. The lowest BCUT2D eigenvalue weighted by atomic mass is 9.95. The molecule has 2 rings (SSSR count). The van der Waals surface area contributed by atoms with Crippen molar-refractivity contribution in [3.05, 3.63) is 23.8 Å². The van der Waals surface area contributed by atoms with Crippen LogP contribution in [0.25, 0.3) is 0 Å². The quantitative estimate of drug-likeness (QED) is 0.839. The minimum Gasteiger partial charge on any atom is -0.490 e. The lowest BCUT2D eigenvalue weighted by Crippen LogP contribution is -2.37. The van der Waals surface area contributed by atoms with Crippen molar-refractivity contribution in [2.24, 2.45) is 0 Å². The van der Waals surface area contributed by atoms with Crippen LogP contribution in [0.4, 0.5) is 0 Å². The minimum atomic E-state index is 0.0958. The molecule has 0 heterocycles. The molecular weight excluding hydrogens is 278 g/mol. The lowest BCUT2D eigenvalue weighted by molar-refractivity contribution is -0.121. The van der Waals surface area contributed by atoms with Crippen LogP contribution in [0.5, 0.6) is 11.5 Å². The second-order valence-electron chi connectivity index (χ2n) is 5.73. The summed E-state index contributed by atoms with van der Waals surface area (Å²) in [5, 5.41) is 3.15. The Morgan fingerprint density at radius 2 is 1.77 bits per heavy atom. The number of ether oxygens (including phenoxy) is 2. The van der Waals surface area contributed by atoms with Crippen LogP contribution in [-0.2, 0) is 11.2 Å². The van der Waals surface area contributed by atoms with E-state index < -0.39 is 0 Å². The molecule has 1 saturated carbocycles. The number of amides is 1. The molecule has 0 radical (unpaired) electrons. The van der Waals surface area contributed by atoms with Crippen molar-refractivity contribution in [3.63, 3.8) is 0 Å². The minimum absolute atomic E-state index is 0.0958. The highest BCUT2D eigenvalue weighted by Gasteiger charge is 2.16. The molecule has 0 spiro atoms. The Morgan fingerprint density at radius 1 is 1.09 bits per heavy atom. The van der Waals surface area contributed by atoms with Crippen molar-refractivity contribution < 1.29 is 14.3 Å². The highest BCUT2D eigenvalue weighted by atomic mass is 16.5. The molecule has 1 aliphatic carbocycles. The molecule has 1 aliphatic rings. The van der Waals surface area contributed by atoms with Crippen LogP contribution in [0.2, 0.25) is 0 Å². The van der Waals surface area contributed by atoms with Gasteiger partial charge in [-0.2, -0.15) is 0 Å². The van der Waals surface area contributed by atoms with Crippen LogP contribution in [0.15, 0.2) is 18.2 Å². The molecule has 4 heteroatoms. The molecule has 1 fully saturated rings. The van der Waals surface area contributed by atoms with Gasteiger partial charge in [-0.1, -0.05) is 25.3 Å². The van der Waals surface area contributed by atoms with Gasteiger partial charge in [-0.3, -0.25) is 4.79 Å². The Bertz CT molecular complexity index is 481. The zero-order valence-corrected chi connectivity index (χ0v) is 13.7. The molecule has 4 nitrogen and oxygen atoms in total. The number of nitrogens with one attached hydrogen (secondary N) is 1. The van der Waals surface area contributed by atoms with E-state index in [4.69, 9.17) is 9.47 Å². The fraction of sp³-hybridized carbons (Fsp3) is 0.611. The van der Waals surface area contributed by atoms with E-state index in [1.165, 1.54) is 19.3 Å². The maximum absolute atomic E-state index is 12.2. The highest BCUT2D eigenvalue weighted by Crippen LogP contribution is 2.28. The molecule has 0 bridgehead atoms. The smallest absolute Gasteiger partial charge is 0.224 e. The predicted molar refractivity (Wildman–Crippen MR) is 87.5 cm³/mol. The molecule has 0 saturated heterocycles. The monoisotopic (exact) mass is 305 g/mol. The first kappa shape index (κ1) is 16.7. The van der Waals surface area contributed by atoms with Crippen molar-refractivity contribution >= 4 is 5.91 Å². The van der Waals surface area contributed by atoms with Gasteiger partial charge in [-0.25, -0.2) is 0 Å². The Hall–Kier alpha value is -1.71. The van der Waals surface area contributed by atoms with E-state index in [0.29, 0.717) is 31.4 Å². The van der Waals surface area contributed by atoms with Gasteiger partial charge in [0.15, 0.2) is 11.5 Å². The first-order chi connectivity index (χ1) is 10.7. The Balaban J connectivity index is 1.95. The summed E-state index contributed by atoms with van der Waals surface area (Å²) in [5.74, 6) is 1.55. The molecule has 0 atom stereocenters. The Kier molecular flexibility index (Phi) is 6.56. The molecule has 1 aromatic rings. The van der Waals surface area contributed by atoms with Gasteiger partial charge in [0.25, 0.3) is 0 Å². The first-order valence-corrected chi connectivity index (χ1v) is 8.40. The largest absolute Gasteiger partial charge is 0.490 e. The summed E-state index contributed by atoms with van der Waals surface area (Å²) >= 11 is 0. The standard InChI is InChI=1S/C18H27NO3/c1-3-21-16-11-10-14(12-17(16)22-4-2)13-18(20)19-15-8-6-5-7-9-15/h10-12,15H,3-9,13H2,1-2H3,(H,19,20). The SMILES string of the molecule is CCOc1ccc(CC(=O)NC2CCCCC2)cc1OCC. The fourth-order valence-electron chi connectivity index (χ4n) is 2.92. The maximum atomic E-state index is 12.2. The van der Waals surface area contributed by atoms with Crippen LogP contribution >= 0.6 is 0 Å². The number of rotatable bonds is 7. The van der Waals surface area contributed by atoms with Crippen LogP contribution in [-0.4, -0.2) is 25.2 Å². The van der Waals surface area contributed by atoms with Crippen molar-refractivity contribution in [2.45, 2.75) is 58.4 Å². The fourth-order valence-corrected chi connectivity index (χ4v) is 2.92. The number of carbonyl (C=O) groups excluding carboxylic acids is 1. The molecule has 1 N–H and O–H groups in total. The first-order valence-electron chi connectivity index (χ1n) is 8.40. The maximum Gasteiger partial charge on any atom is 0.224 e. The van der Waals surface area contributed by atoms with Gasteiger partial charge >= 0.3 is 0 Å². The second-order valence-corrected chi connectivity index (χ2v) is 5.73. The van der Waals surface area contributed by atoms with E-state index >= 15 is 0 Å². The molecule has 1 amide bonds. The number of carbonyl (C=O) groups is 1. The van der Waals surface area contributed by atoms with Crippen LogP contribution in [0.1, 0.15) is 51.5 Å². The van der Waals surface area contributed by atoms with Crippen LogP contribution in [0.3, 0.4) is 0 Å². The van der Waals surface area contributed by atoms with Crippen LogP contribution < -0.4 is 14.8 Å². The Labute approximate surface area is 133 Å². The third-order valence-corrected chi connectivity index (χ3v) is 3.94. The van der Waals surface area contributed by atoms with E-state index in [2.05, 4.69) is 5.32 Å². The Morgan fingerprint density at radius 3 is 2.45 bits per heavy atom. The summed E-state index contributed by atoms with van der Waals surface area (Å²) in [6.07, 6.45) is 6.36. The van der Waals surface area contributed by atoms with Crippen molar-refractivity contribution in [1.82, 2.24) is 5.32 Å². The topological polar surface area (TPSA) is 47.6 Å². The number of hydrogen-bond acceptors (Lipinski definition) is 3. The summed E-state index contributed by atoms with van der Waals surface area (Å²) < 4.78 is 11.2. The summed E-state index contributed by atoms with van der Waals surface area (Å²) in [6, 6.07) is 6.09. The third kappa shape index (κ3) is 4.93. The average molecular weight is 305 g/mol. The van der Waals surface area contributed by atoms with E-state index in [9.17, 15) is 4.79 Å². The van der Waals surface area contributed by atoms with Gasteiger partial charge in [0.1, 0.15) is 0 Å². The normalized spacial score (nSPS) is 15.4. The van der Waals surface area contributed by atoms with Crippen molar-refractivity contribution in [1.29, 1.82) is 0 Å². The molecular formula is C18H27NO3. The van der Waals surface area contributed by atoms with Gasteiger partial charge in [0, 0.05) is 6.04 Å². The molecule has 0 aromatic heterocycles. The van der Waals surface area contributed by atoms with Gasteiger partial charge in [0.2, 0.25) is 5.91 Å². The summed E-state index contributed by atoms with van der Waals surface area (Å²) in [6.45, 7) is 5.07. The van der Waals surface area contributed by atoms with Gasteiger partial charge in [-0.05, 0) is 44.4 Å². The molecule has 22 heavy (non-hydrogen) atoms. The van der Waals surface area contributed by atoms with E-state index in [1.807, 2.05) is 32.0 Å². The van der Waals surface area contributed by atoms with Crippen molar-refractivity contribution in [2.75, 3.05) is 13.2 Å². The summed E-state index contributed by atoms with van der Waals surface area (Å²) in [7, 11) is 0. The number of benzene rings is 1. The summed E-state index contributed by atoms with van der Waals surface area (Å²) in [4.78, 5) is 12.2. The van der Waals surface area contributed by atoms with Gasteiger partial charge in [0.05, 0.1) is 19.6 Å². The van der Waals surface area contributed by atoms with E-state index in [1.54, 1.807) is 0 Å². The average Bonchev–Trinajstić information content (AvgIpc) is 2.51. The van der Waals surface area contributed by atoms with E-state index in [-0.39, 0.29) is 5.91 Å². The lowest BCUT2D eigenvalue weighted by Gasteiger charge is -2.22. The zero-order valence-electron chi connectivity index (χ0n) is 13.7. The molecule has 0 aliphatic heterocycles. The predicted octanol–water partition coefficient (Wildman–Crippen LogP) is 3.48. The van der Waals surface area contributed by atoms with Crippen LogP contribution in [0, 0.1) is 0 Å². The highest BCUT2D eigenvalue weighted by molar-refractivity contribution is 5.79. The van der Waals surface area contributed by atoms with Crippen molar-refractivity contribution in [3.8, 4) is 11.5 Å². The van der Waals surface area contributed by atoms with E-state index in [0.717, 1.165) is 24.2 Å². The number of hydrogen-bond donors (Lipinski definition) is 1. The molecule has 122 valence electrons. The molecule has 1 aromatic carbocycles. The summed E-state index contributed by atoms with van der Waals surface area (Å²) in [5.41, 5.74) is 0.959. The zero-order chi connectivity index (χ0) is 15.8. The third-order valence-electron chi connectivity index (χ3n) is 3.94. The molecule has 0 unspecified atom stereocenters. The van der Waals surface area contributed by atoms with Gasteiger partial charge < -0.3 is 14.8 Å².